The summed E-state index contributed by atoms with van der Waals surface area (Å²) in [6, 6.07) is 6.40. The maximum atomic E-state index is 8.83. The number of hydrogen-bond donors (Lipinski definition) is 2. The van der Waals surface area contributed by atoms with Crippen molar-refractivity contribution in [3.8, 4) is 0 Å². The van der Waals surface area contributed by atoms with Gasteiger partial charge in [-0.15, -0.1) is 0 Å². The Morgan fingerprint density at radius 2 is 2.10 bits per heavy atom. The fourth-order valence-electron chi connectivity index (χ4n) is 2.22. The average Bonchev–Trinajstić information content (AvgIpc) is 2.48. The first-order valence-corrected chi connectivity index (χ1v) is 8.28. The highest BCUT2D eigenvalue weighted by molar-refractivity contribution is 9.10. The number of aliphatic hydroxyl groups is 1. The van der Waals surface area contributed by atoms with Gasteiger partial charge in [0.25, 0.3) is 0 Å². The number of aliphatic hydroxyl groups excluding tert-OH is 1. The van der Waals surface area contributed by atoms with E-state index in [1.807, 2.05) is 0 Å². The molecule has 21 heavy (non-hydrogen) atoms. The first kappa shape index (κ1) is 18.4. The molecule has 0 heterocycles. The molecule has 0 saturated carbocycles. The lowest BCUT2D eigenvalue weighted by atomic mass is 10.1. The largest absolute Gasteiger partial charge is 0.396 e. The molecule has 0 amide bonds. The van der Waals surface area contributed by atoms with Crippen molar-refractivity contribution in [3.63, 3.8) is 0 Å². The summed E-state index contributed by atoms with van der Waals surface area (Å²) in [5.41, 5.74) is 2.54. The van der Waals surface area contributed by atoms with Crippen LogP contribution >= 0.6 is 15.9 Å². The average molecular weight is 359 g/mol. The lowest BCUT2D eigenvalue weighted by Gasteiger charge is -2.23. The third-order valence-corrected chi connectivity index (χ3v) is 3.90. The number of nitrogens with zero attached hydrogens (tertiary/aromatic N) is 1. The lowest BCUT2D eigenvalue weighted by molar-refractivity contribution is 0.199. The van der Waals surface area contributed by atoms with E-state index in [1.165, 1.54) is 11.3 Å². The molecule has 0 unspecified atom stereocenters. The summed E-state index contributed by atoms with van der Waals surface area (Å²) in [5.74, 6) is 0. The summed E-state index contributed by atoms with van der Waals surface area (Å²) >= 11 is 3.54. The SMILES string of the molecule is COCCNCc1cc(Br)ccc1N(C)CCCCCO. The molecule has 0 aromatic heterocycles. The summed E-state index contributed by atoms with van der Waals surface area (Å²) in [5, 5.41) is 12.2. The molecule has 5 heteroatoms. The molecular weight excluding hydrogens is 332 g/mol. The Bertz CT molecular complexity index is 402. The van der Waals surface area contributed by atoms with Crippen LogP contribution in [0.4, 0.5) is 5.69 Å². The molecule has 0 aliphatic heterocycles. The molecule has 0 aliphatic carbocycles. The van der Waals surface area contributed by atoms with E-state index in [4.69, 9.17) is 9.84 Å². The van der Waals surface area contributed by atoms with Crippen molar-refractivity contribution in [1.29, 1.82) is 0 Å². The number of unbranched alkanes of at least 4 members (excludes halogenated alkanes) is 2. The molecule has 2 N–H and O–H groups in total. The number of halogens is 1. The second-order valence-corrected chi connectivity index (χ2v) is 6.06. The summed E-state index contributed by atoms with van der Waals surface area (Å²) in [4.78, 5) is 2.29. The first-order valence-electron chi connectivity index (χ1n) is 7.49. The van der Waals surface area contributed by atoms with Gasteiger partial charge in [-0.3, -0.25) is 0 Å². The summed E-state index contributed by atoms with van der Waals surface area (Å²) in [6.45, 7) is 3.70. The highest BCUT2D eigenvalue weighted by atomic mass is 79.9. The van der Waals surface area contributed by atoms with Crippen molar-refractivity contribution in [3.05, 3.63) is 28.2 Å². The van der Waals surface area contributed by atoms with Crippen LogP contribution in [0, 0.1) is 0 Å². The van der Waals surface area contributed by atoms with Crippen LogP contribution in [-0.2, 0) is 11.3 Å². The van der Waals surface area contributed by atoms with E-state index < -0.39 is 0 Å². The molecule has 0 spiro atoms. The Morgan fingerprint density at radius 1 is 1.29 bits per heavy atom. The van der Waals surface area contributed by atoms with Gasteiger partial charge >= 0.3 is 0 Å². The van der Waals surface area contributed by atoms with Crippen LogP contribution < -0.4 is 10.2 Å². The Hall–Kier alpha value is -0.620. The predicted molar refractivity (Wildman–Crippen MR) is 91.9 cm³/mol. The Balaban J connectivity index is 2.57. The van der Waals surface area contributed by atoms with Crippen LogP contribution in [-0.4, -0.2) is 45.6 Å². The first-order chi connectivity index (χ1) is 10.2. The molecular formula is C16H27BrN2O2. The Labute approximate surface area is 136 Å². The van der Waals surface area contributed by atoms with Crippen molar-refractivity contribution in [1.82, 2.24) is 5.32 Å². The van der Waals surface area contributed by atoms with E-state index in [0.29, 0.717) is 0 Å². The number of rotatable bonds is 11. The van der Waals surface area contributed by atoms with Crippen molar-refractivity contribution < 1.29 is 9.84 Å². The van der Waals surface area contributed by atoms with Crippen LogP contribution in [0.3, 0.4) is 0 Å². The van der Waals surface area contributed by atoms with E-state index in [0.717, 1.165) is 50.0 Å². The maximum absolute atomic E-state index is 8.83. The quantitative estimate of drug-likeness (QED) is 0.597. The number of hydrogen-bond acceptors (Lipinski definition) is 4. The maximum Gasteiger partial charge on any atom is 0.0587 e. The van der Waals surface area contributed by atoms with Gasteiger partial charge < -0.3 is 20.1 Å². The molecule has 0 radical (unpaired) electrons. The van der Waals surface area contributed by atoms with Crippen LogP contribution in [0.1, 0.15) is 24.8 Å². The van der Waals surface area contributed by atoms with Crippen LogP contribution in [0.2, 0.25) is 0 Å². The molecule has 1 aromatic carbocycles. The highest BCUT2D eigenvalue weighted by Crippen LogP contribution is 2.24. The van der Waals surface area contributed by atoms with Crippen LogP contribution in [0.15, 0.2) is 22.7 Å². The van der Waals surface area contributed by atoms with Gasteiger partial charge in [0.1, 0.15) is 0 Å². The monoisotopic (exact) mass is 358 g/mol. The zero-order valence-corrected chi connectivity index (χ0v) is 14.7. The third-order valence-electron chi connectivity index (χ3n) is 3.40. The molecule has 4 nitrogen and oxygen atoms in total. The summed E-state index contributed by atoms with van der Waals surface area (Å²) < 4.78 is 6.16. The molecule has 1 aromatic rings. The topological polar surface area (TPSA) is 44.7 Å². The molecule has 0 atom stereocenters. The van der Waals surface area contributed by atoms with E-state index in [9.17, 15) is 0 Å². The smallest absolute Gasteiger partial charge is 0.0587 e. The zero-order valence-electron chi connectivity index (χ0n) is 13.1. The minimum atomic E-state index is 0.288. The molecule has 0 saturated heterocycles. The minimum Gasteiger partial charge on any atom is -0.396 e. The van der Waals surface area contributed by atoms with Crippen molar-refractivity contribution >= 4 is 21.6 Å². The van der Waals surface area contributed by atoms with E-state index in [1.54, 1.807) is 7.11 Å². The van der Waals surface area contributed by atoms with E-state index in [2.05, 4.69) is 51.4 Å². The molecule has 120 valence electrons. The number of anilines is 1. The normalized spacial score (nSPS) is 10.9. The Kier molecular flexibility index (Phi) is 9.67. The number of nitrogens with one attached hydrogen (secondary N) is 1. The van der Waals surface area contributed by atoms with Gasteiger partial charge in [0.15, 0.2) is 0 Å². The van der Waals surface area contributed by atoms with E-state index >= 15 is 0 Å². The lowest BCUT2D eigenvalue weighted by Crippen LogP contribution is -2.23. The molecule has 0 fully saturated rings. The molecule has 0 aliphatic rings. The second kappa shape index (κ2) is 11.0. The standard InChI is InChI=1S/C16H27BrN2O2/c1-19(9-4-3-5-10-20)16-7-6-15(17)12-14(16)13-18-8-11-21-2/h6-7,12,18,20H,3-5,8-11,13H2,1-2H3. The summed E-state index contributed by atoms with van der Waals surface area (Å²) in [6.07, 6.45) is 3.06. The zero-order chi connectivity index (χ0) is 15.5. The van der Waals surface area contributed by atoms with Gasteiger partial charge in [0.05, 0.1) is 6.61 Å². The van der Waals surface area contributed by atoms with Gasteiger partial charge in [-0.1, -0.05) is 15.9 Å². The molecule has 0 bridgehead atoms. The van der Waals surface area contributed by atoms with Crippen molar-refractivity contribution in [2.24, 2.45) is 0 Å². The van der Waals surface area contributed by atoms with Gasteiger partial charge in [-0.2, -0.15) is 0 Å². The van der Waals surface area contributed by atoms with Crippen molar-refractivity contribution in [2.75, 3.05) is 45.4 Å². The predicted octanol–water partition coefficient (Wildman–Crippen LogP) is 2.78. The summed E-state index contributed by atoms with van der Waals surface area (Å²) in [7, 11) is 3.84. The Morgan fingerprint density at radius 3 is 2.81 bits per heavy atom. The van der Waals surface area contributed by atoms with Crippen LogP contribution in [0.5, 0.6) is 0 Å². The number of benzene rings is 1. The van der Waals surface area contributed by atoms with E-state index in [-0.39, 0.29) is 6.61 Å². The van der Waals surface area contributed by atoms with Crippen molar-refractivity contribution in [2.45, 2.75) is 25.8 Å². The number of ether oxygens (including phenoxy) is 1. The molecule has 1 rings (SSSR count). The van der Waals surface area contributed by atoms with Gasteiger partial charge in [-0.25, -0.2) is 0 Å². The number of methoxy groups -OCH3 is 1. The van der Waals surface area contributed by atoms with Gasteiger partial charge in [-0.05, 0) is 43.0 Å². The minimum absolute atomic E-state index is 0.288. The fraction of sp³-hybridized carbons (Fsp3) is 0.625. The second-order valence-electron chi connectivity index (χ2n) is 5.15. The highest BCUT2D eigenvalue weighted by Gasteiger charge is 2.08. The van der Waals surface area contributed by atoms with Gasteiger partial charge in [0, 0.05) is 50.6 Å². The van der Waals surface area contributed by atoms with Crippen LogP contribution in [0.25, 0.3) is 0 Å². The van der Waals surface area contributed by atoms with Gasteiger partial charge in [0.2, 0.25) is 0 Å². The fourth-order valence-corrected chi connectivity index (χ4v) is 2.63. The third kappa shape index (κ3) is 7.27.